The van der Waals surface area contributed by atoms with E-state index < -0.39 is 0 Å². The number of hydrogen-bond acceptors (Lipinski definition) is 4. The lowest BCUT2D eigenvalue weighted by atomic mass is 10.0. The van der Waals surface area contributed by atoms with Crippen molar-refractivity contribution in [3.05, 3.63) is 0 Å². The van der Waals surface area contributed by atoms with Crippen LogP contribution in [0.25, 0.3) is 0 Å². The fourth-order valence-corrected chi connectivity index (χ4v) is 1.40. The first-order valence-electron chi connectivity index (χ1n) is 3.46. The zero-order valence-electron chi connectivity index (χ0n) is 6.19. The first-order valence-corrected chi connectivity index (χ1v) is 4.34. The van der Waals surface area contributed by atoms with Crippen molar-refractivity contribution in [2.75, 3.05) is 13.2 Å². The van der Waals surface area contributed by atoms with Gasteiger partial charge < -0.3 is 10.2 Å². The molecule has 0 bridgehead atoms. The van der Waals surface area contributed by atoms with Crippen molar-refractivity contribution in [2.45, 2.75) is 12.8 Å². The molecule has 0 aromatic heterocycles. The molecular formula is C7H12O2S2. The first kappa shape index (κ1) is 11.1. The minimum atomic E-state index is -0.00264. The minimum absolute atomic E-state index is 0.00264. The van der Waals surface area contributed by atoms with Gasteiger partial charge in [0.25, 0.3) is 0 Å². The molecule has 1 unspecified atom stereocenters. The molecular weight excluding hydrogens is 180 g/mol. The lowest BCUT2D eigenvalue weighted by molar-refractivity contribution is 0.282. The zero-order chi connectivity index (χ0) is 8.69. The van der Waals surface area contributed by atoms with Gasteiger partial charge in [-0.1, -0.05) is 24.4 Å². The molecule has 0 rings (SSSR count). The van der Waals surface area contributed by atoms with Gasteiger partial charge in [-0.25, -0.2) is 0 Å². The summed E-state index contributed by atoms with van der Waals surface area (Å²) in [5.74, 6) is -0.00264. The normalized spacial score (nSPS) is 12.5. The lowest BCUT2D eigenvalue weighted by Crippen LogP contribution is -2.15. The number of thiocarbonyl (C=S) groups is 2. The number of rotatable bonds is 6. The van der Waals surface area contributed by atoms with Crippen LogP contribution in [0.3, 0.4) is 0 Å². The van der Waals surface area contributed by atoms with Crippen molar-refractivity contribution in [3.8, 4) is 0 Å². The molecule has 0 aliphatic rings. The molecule has 0 radical (unpaired) electrons. The largest absolute Gasteiger partial charge is 0.396 e. The summed E-state index contributed by atoms with van der Waals surface area (Å²) in [5.41, 5.74) is 0. The van der Waals surface area contributed by atoms with Gasteiger partial charge in [0.2, 0.25) is 0 Å². The molecule has 0 saturated carbocycles. The molecule has 2 nitrogen and oxygen atoms in total. The monoisotopic (exact) mass is 192 g/mol. The van der Waals surface area contributed by atoms with Crippen LogP contribution in [0.5, 0.6) is 0 Å². The molecule has 0 saturated heterocycles. The first-order chi connectivity index (χ1) is 5.26. The third kappa shape index (κ3) is 4.53. The van der Waals surface area contributed by atoms with Gasteiger partial charge in [-0.2, -0.15) is 0 Å². The molecule has 1 atom stereocenters. The Balaban J connectivity index is 3.81. The molecule has 0 aromatic rings. The van der Waals surface area contributed by atoms with E-state index in [0.29, 0.717) is 12.8 Å². The van der Waals surface area contributed by atoms with Crippen LogP contribution in [0.15, 0.2) is 0 Å². The van der Waals surface area contributed by atoms with Crippen LogP contribution in [0.4, 0.5) is 0 Å². The van der Waals surface area contributed by atoms with Gasteiger partial charge in [0.15, 0.2) is 0 Å². The van der Waals surface area contributed by atoms with Gasteiger partial charge >= 0.3 is 0 Å². The fourth-order valence-electron chi connectivity index (χ4n) is 0.740. The molecule has 0 spiro atoms. The van der Waals surface area contributed by atoms with E-state index in [9.17, 15) is 0 Å². The predicted octanol–water partition coefficient (Wildman–Crippen LogP) is 0.737. The van der Waals surface area contributed by atoms with E-state index in [4.69, 9.17) is 34.6 Å². The van der Waals surface area contributed by atoms with Crippen LogP contribution in [0.1, 0.15) is 12.8 Å². The molecule has 4 heteroatoms. The second kappa shape index (κ2) is 6.79. The Hall–Kier alpha value is 0.100. The highest BCUT2D eigenvalue weighted by Crippen LogP contribution is 2.06. The second-order valence-electron chi connectivity index (χ2n) is 2.19. The van der Waals surface area contributed by atoms with Gasteiger partial charge in [0.05, 0.1) is 0 Å². The average Bonchev–Trinajstić information content (AvgIpc) is 2.00. The van der Waals surface area contributed by atoms with Gasteiger partial charge in [0, 0.05) is 30.4 Å². The van der Waals surface area contributed by atoms with Crippen LogP contribution in [0.2, 0.25) is 0 Å². The molecule has 0 amide bonds. The van der Waals surface area contributed by atoms with E-state index in [2.05, 4.69) is 0 Å². The summed E-state index contributed by atoms with van der Waals surface area (Å²) in [7, 11) is 0. The van der Waals surface area contributed by atoms with Crippen LogP contribution in [0, 0.1) is 5.92 Å². The Bertz CT molecular complexity index is 136. The Morgan fingerprint density at radius 2 is 2.00 bits per heavy atom. The van der Waals surface area contributed by atoms with Crippen molar-refractivity contribution < 1.29 is 10.2 Å². The Labute approximate surface area is 77.2 Å². The third-order valence-electron chi connectivity index (χ3n) is 1.38. The summed E-state index contributed by atoms with van der Waals surface area (Å²) in [4.78, 5) is 0.733. The molecule has 2 N–H and O–H groups in total. The molecule has 0 heterocycles. The summed E-state index contributed by atoms with van der Waals surface area (Å²) in [6.07, 6.45) is 1.06. The van der Waals surface area contributed by atoms with E-state index in [1.54, 1.807) is 5.37 Å². The van der Waals surface area contributed by atoms with Gasteiger partial charge in [-0.05, 0) is 11.8 Å². The van der Waals surface area contributed by atoms with Crippen LogP contribution < -0.4 is 0 Å². The van der Waals surface area contributed by atoms with Crippen LogP contribution in [-0.4, -0.2) is 33.7 Å². The fraction of sp³-hybridized carbons (Fsp3) is 0.714. The summed E-state index contributed by atoms with van der Waals surface area (Å²) in [6, 6.07) is 0. The van der Waals surface area contributed by atoms with Gasteiger partial charge in [-0.15, -0.1) is 0 Å². The third-order valence-corrected chi connectivity index (χ3v) is 2.21. The van der Waals surface area contributed by atoms with Crippen molar-refractivity contribution in [1.82, 2.24) is 0 Å². The molecule has 0 aliphatic heterocycles. The Kier molecular flexibility index (Phi) is 6.85. The molecule has 0 fully saturated rings. The maximum Gasteiger partial charge on any atom is 0.0476 e. The number of aliphatic hydroxyl groups excluding tert-OH is 2. The zero-order valence-corrected chi connectivity index (χ0v) is 7.83. The van der Waals surface area contributed by atoms with Crippen molar-refractivity contribution in [2.24, 2.45) is 5.92 Å². The average molecular weight is 192 g/mol. The predicted molar refractivity (Wildman–Crippen MR) is 53.1 cm³/mol. The maximum atomic E-state index is 8.60. The van der Waals surface area contributed by atoms with Crippen molar-refractivity contribution >= 4 is 34.7 Å². The summed E-state index contributed by atoms with van der Waals surface area (Å²) < 4.78 is 0. The SMILES string of the molecule is OCCC(=S)C(C=S)CCO. The number of hydrogen-bond donors (Lipinski definition) is 2. The molecule has 64 valence electrons. The lowest BCUT2D eigenvalue weighted by Gasteiger charge is -2.09. The second-order valence-corrected chi connectivity index (χ2v) is 2.99. The quantitative estimate of drug-likeness (QED) is 0.609. The van der Waals surface area contributed by atoms with Crippen LogP contribution >= 0.6 is 24.4 Å². The summed E-state index contributed by atoms with van der Waals surface area (Å²) >= 11 is 9.69. The standard InChI is InChI=1S/C7H12O2S2/c8-3-1-6(5-10)7(11)2-4-9/h5-6,8-9H,1-4H2. The highest BCUT2D eigenvalue weighted by atomic mass is 32.1. The van der Waals surface area contributed by atoms with Gasteiger partial charge in [-0.3, -0.25) is 0 Å². The molecule has 11 heavy (non-hydrogen) atoms. The highest BCUT2D eigenvalue weighted by Gasteiger charge is 2.09. The maximum absolute atomic E-state index is 8.60. The molecule has 0 aliphatic carbocycles. The van der Waals surface area contributed by atoms with Crippen LogP contribution in [-0.2, 0) is 0 Å². The highest BCUT2D eigenvalue weighted by molar-refractivity contribution is 7.81. The molecule has 0 aromatic carbocycles. The van der Waals surface area contributed by atoms with E-state index in [1.807, 2.05) is 0 Å². The van der Waals surface area contributed by atoms with Crippen molar-refractivity contribution in [1.29, 1.82) is 0 Å². The van der Waals surface area contributed by atoms with E-state index in [0.717, 1.165) is 4.86 Å². The number of aliphatic hydroxyl groups is 2. The van der Waals surface area contributed by atoms with Crippen molar-refractivity contribution in [3.63, 3.8) is 0 Å². The minimum Gasteiger partial charge on any atom is -0.396 e. The van der Waals surface area contributed by atoms with E-state index in [1.165, 1.54) is 0 Å². The smallest absolute Gasteiger partial charge is 0.0476 e. The summed E-state index contributed by atoms with van der Waals surface area (Å²) in [6.45, 7) is 0.146. The van der Waals surface area contributed by atoms with E-state index >= 15 is 0 Å². The summed E-state index contributed by atoms with van der Waals surface area (Å²) in [5, 5.41) is 18.7. The van der Waals surface area contributed by atoms with Gasteiger partial charge in [0.1, 0.15) is 0 Å². The Morgan fingerprint density at radius 1 is 1.36 bits per heavy atom. The van der Waals surface area contributed by atoms with E-state index in [-0.39, 0.29) is 19.1 Å². The Morgan fingerprint density at radius 3 is 2.36 bits per heavy atom. The topological polar surface area (TPSA) is 40.5 Å².